The first-order valence-corrected chi connectivity index (χ1v) is 22.6. The number of nitrogens with zero attached hydrogens (tertiary/aromatic N) is 2. The molecule has 0 saturated carbocycles. The molecule has 2 aliphatic heterocycles. The zero-order valence-corrected chi connectivity index (χ0v) is 35.2. The predicted octanol–water partition coefficient (Wildman–Crippen LogP) is 14.2. The van der Waals surface area contributed by atoms with Crippen molar-refractivity contribution in [1.29, 1.82) is 0 Å². The molecule has 0 aliphatic carbocycles. The van der Waals surface area contributed by atoms with Crippen LogP contribution in [0.5, 0.6) is 23.0 Å². The number of ether oxygens (including phenoxy) is 2. The molecule has 298 valence electrons. The zero-order chi connectivity index (χ0) is 41.9. The van der Waals surface area contributed by atoms with Crippen LogP contribution in [0.2, 0.25) is 0 Å². The van der Waals surface area contributed by atoms with Gasteiger partial charge in [-0.3, -0.25) is 0 Å². The highest BCUT2D eigenvalue weighted by atomic mass is 32.1. The number of thiophene rings is 1. The summed E-state index contributed by atoms with van der Waals surface area (Å²) in [5.74, 6) is 3.45. The van der Waals surface area contributed by atoms with Crippen LogP contribution in [0.4, 0.5) is 17.1 Å². The Bertz CT molecular complexity index is 3820. The first kappa shape index (κ1) is 35.5. The highest BCUT2D eigenvalue weighted by molar-refractivity contribution is 7.26. The second kappa shape index (κ2) is 13.7. The number of benzene rings is 10. The van der Waals surface area contributed by atoms with E-state index in [0.29, 0.717) is 0 Å². The quantitative estimate of drug-likeness (QED) is 0.162. The fourth-order valence-electron chi connectivity index (χ4n) is 10.5. The molecule has 0 atom stereocenters. The molecule has 64 heavy (non-hydrogen) atoms. The highest BCUT2D eigenvalue weighted by Crippen LogP contribution is 2.48. The van der Waals surface area contributed by atoms with Crippen molar-refractivity contribution in [3.63, 3.8) is 0 Å². The van der Waals surface area contributed by atoms with E-state index in [0.717, 1.165) is 95.1 Å². The van der Waals surface area contributed by atoms with Crippen molar-refractivity contribution in [3.8, 4) is 39.8 Å². The Morgan fingerprint density at radius 2 is 1.06 bits per heavy atom. The molecule has 2 aliphatic rings. The second-order valence-corrected chi connectivity index (χ2v) is 17.8. The Balaban J connectivity index is 1.06. The van der Waals surface area contributed by atoms with Gasteiger partial charge in [-0.05, 0) is 99.6 Å². The maximum atomic E-state index is 7.46. The van der Waals surface area contributed by atoms with E-state index in [1.54, 1.807) is 0 Å². The summed E-state index contributed by atoms with van der Waals surface area (Å²) in [4.78, 5) is 2.33. The standard InChI is InChI=1S/C58H35BN2O2S/c1-4-17-38(18-5-1)60(39-19-6-2-7-20-39)41-27-28-44-46-29-31-48-56(55(46)61(50(44)35-41)40-21-8-3-9-22-40)62-51-33-37(43-25-14-16-36-15-10-11-23-42(36)43)34-52-54(51)59(48)49-32-30-47-45-24-12-13-26-53(45)64-58(47)57(49)63-52/h1-35H. The maximum Gasteiger partial charge on any atom is 0.260 e. The van der Waals surface area contributed by atoms with Gasteiger partial charge in [-0.15, -0.1) is 11.3 Å². The molecule has 0 spiro atoms. The van der Waals surface area contributed by atoms with Gasteiger partial charge in [0, 0.05) is 54.5 Å². The second-order valence-electron chi connectivity index (χ2n) is 16.8. The lowest BCUT2D eigenvalue weighted by Gasteiger charge is -2.34. The van der Waals surface area contributed by atoms with Crippen LogP contribution in [0.25, 0.3) is 69.6 Å². The van der Waals surface area contributed by atoms with Crippen molar-refractivity contribution in [2.75, 3.05) is 4.90 Å². The van der Waals surface area contributed by atoms with Crippen molar-refractivity contribution in [2.45, 2.75) is 0 Å². The zero-order valence-electron chi connectivity index (χ0n) is 34.4. The first-order valence-electron chi connectivity index (χ1n) is 21.8. The number of fused-ring (bicyclic) bond motifs is 13. The third kappa shape index (κ3) is 5.17. The maximum absolute atomic E-state index is 7.46. The monoisotopic (exact) mass is 834 g/mol. The molecule has 0 radical (unpaired) electrons. The van der Waals surface area contributed by atoms with Crippen molar-refractivity contribution in [3.05, 3.63) is 212 Å². The number of anilines is 3. The number of aromatic nitrogens is 1. The Labute approximate surface area is 373 Å². The molecule has 0 unspecified atom stereocenters. The van der Waals surface area contributed by atoms with Gasteiger partial charge in [0.15, 0.2) is 0 Å². The topological polar surface area (TPSA) is 26.6 Å². The largest absolute Gasteiger partial charge is 0.457 e. The van der Waals surface area contributed by atoms with Gasteiger partial charge in [0.25, 0.3) is 6.71 Å². The molecule has 4 heterocycles. The number of hydrogen-bond donors (Lipinski definition) is 0. The fourth-order valence-corrected chi connectivity index (χ4v) is 11.7. The summed E-state index contributed by atoms with van der Waals surface area (Å²) in [5, 5.41) is 7.15. The van der Waals surface area contributed by atoms with Crippen LogP contribution in [0.3, 0.4) is 0 Å². The third-order valence-electron chi connectivity index (χ3n) is 13.3. The third-order valence-corrected chi connectivity index (χ3v) is 14.5. The lowest BCUT2D eigenvalue weighted by molar-refractivity contribution is 0.470. The van der Waals surface area contributed by atoms with Crippen LogP contribution in [-0.2, 0) is 0 Å². The number of para-hydroxylation sites is 3. The first-order chi connectivity index (χ1) is 31.7. The lowest BCUT2D eigenvalue weighted by Crippen LogP contribution is -2.57. The molecule has 0 saturated heterocycles. The predicted molar refractivity (Wildman–Crippen MR) is 269 cm³/mol. The Morgan fingerprint density at radius 1 is 0.453 bits per heavy atom. The average Bonchev–Trinajstić information content (AvgIpc) is 3.91. The van der Waals surface area contributed by atoms with Crippen LogP contribution >= 0.6 is 11.3 Å². The normalized spacial score (nSPS) is 12.6. The van der Waals surface area contributed by atoms with Crippen LogP contribution in [0.15, 0.2) is 212 Å². The van der Waals surface area contributed by atoms with E-state index in [2.05, 4.69) is 222 Å². The number of rotatable bonds is 5. The van der Waals surface area contributed by atoms with Crippen LogP contribution in [-0.4, -0.2) is 11.3 Å². The van der Waals surface area contributed by atoms with Crippen molar-refractivity contribution >= 4 is 104 Å². The van der Waals surface area contributed by atoms with E-state index >= 15 is 0 Å². The number of hydrogen-bond acceptors (Lipinski definition) is 4. The molecule has 12 aromatic rings. The van der Waals surface area contributed by atoms with Gasteiger partial charge >= 0.3 is 0 Å². The van der Waals surface area contributed by atoms with Gasteiger partial charge < -0.3 is 18.9 Å². The summed E-state index contributed by atoms with van der Waals surface area (Å²) in [5.41, 5.74) is 12.0. The molecule has 0 fully saturated rings. The molecular formula is C58H35BN2O2S. The molecule has 0 bridgehead atoms. The summed E-state index contributed by atoms with van der Waals surface area (Å²) in [6, 6.07) is 76.4. The van der Waals surface area contributed by atoms with Gasteiger partial charge in [0.1, 0.15) is 23.0 Å². The minimum Gasteiger partial charge on any atom is -0.457 e. The molecule has 2 aromatic heterocycles. The summed E-state index contributed by atoms with van der Waals surface area (Å²) in [6.45, 7) is -0.123. The minimum absolute atomic E-state index is 0.123. The van der Waals surface area contributed by atoms with Gasteiger partial charge in [-0.2, -0.15) is 0 Å². The van der Waals surface area contributed by atoms with E-state index in [1.165, 1.54) is 30.9 Å². The van der Waals surface area contributed by atoms with E-state index < -0.39 is 0 Å². The molecular weight excluding hydrogens is 800 g/mol. The molecule has 4 nitrogen and oxygen atoms in total. The summed E-state index contributed by atoms with van der Waals surface area (Å²) in [7, 11) is 0. The lowest BCUT2D eigenvalue weighted by atomic mass is 9.34. The Morgan fingerprint density at radius 3 is 1.83 bits per heavy atom. The Kier molecular flexibility index (Phi) is 7.62. The molecule has 14 rings (SSSR count). The summed E-state index contributed by atoms with van der Waals surface area (Å²) in [6.07, 6.45) is 0. The molecule has 6 heteroatoms. The van der Waals surface area contributed by atoms with E-state index in [-0.39, 0.29) is 6.71 Å². The SMILES string of the molecule is c1ccc(N(c2ccccc2)c2ccc3c4ccc5c(c4n(-c4ccccc4)c3c2)Oc2cc(-c3cccc4ccccc34)cc3c2B5c2ccc4c(sc5ccccc54)c2O3)cc1. The highest BCUT2D eigenvalue weighted by Gasteiger charge is 2.43. The van der Waals surface area contributed by atoms with Crippen LogP contribution < -0.4 is 30.8 Å². The van der Waals surface area contributed by atoms with Gasteiger partial charge in [-0.1, -0.05) is 146 Å². The Hall–Kier alpha value is -8.06. The van der Waals surface area contributed by atoms with Crippen LogP contribution in [0, 0.1) is 0 Å². The fraction of sp³-hybridized carbons (Fsp3) is 0. The molecule has 0 amide bonds. The van der Waals surface area contributed by atoms with Gasteiger partial charge in [0.2, 0.25) is 0 Å². The summed E-state index contributed by atoms with van der Waals surface area (Å²) < 4.78 is 19.5. The van der Waals surface area contributed by atoms with Crippen molar-refractivity contribution < 1.29 is 9.47 Å². The average molecular weight is 835 g/mol. The van der Waals surface area contributed by atoms with Crippen LogP contribution in [0.1, 0.15) is 0 Å². The molecule has 0 N–H and O–H groups in total. The van der Waals surface area contributed by atoms with E-state index in [4.69, 9.17) is 9.47 Å². The van der Waals surface area contributed by atoms with Gasteiger partial charge in [-0.25, -0.2) is 0 Å². The summed E-state index contributed by atoms with van der Waals surface area (Å²) >= 11 is 1.81. The minimum atomic E-state index is -0.123. The van der Waals surface area contributed by atoms with Crippen molar-refractivity contribution in [2.24, 2.45) is 0 Å². The van der Waals surface area contributed by atoms with Crippen molar-refractivity contribution in [1.82, 2.24) is 4.57 Å². The van der Waals surface area contributed by atoms with E-state index in [1.807, 2.05) is 11.3 Å². The smallest absolute Gasteiger partial charge is 0.260 e. The molecule has 10 aromatic carbocycles. The van der Waals surface area contributed by atoms with E-state index in [9.17, 15) is 0 Å². The van der Waals surface area contributed by atoms with Gasteiger partial charge in [0.05, 0.1) is 15.7 Å².